The second-order valence-electron chi connectivity index (χ2n) is 1.29. The smallest absolute Gasteiger partial charge is 0.156 e. The van der Waals surface area contributed by atoms with Gasteiger partial charge in [0, 0.05) is 6.42 Å². The van der Waals surface area contributed by atoms with Crippen molar-refractivity contribution in [3.05, 3.63) is 0 Å². The molecule has 0 spiro atoms. The summed E-state index contributed by atoms with van der Waals surface area (Å²) >= 11 is 4.36. The molecule has 0 aromatic rings. The SMILES string of the molecule is NCCCC(O)=S. The van der Waals surface area contributed by atoms with Gasteiger partial charge in [0.1, 0.15) is 0 Å². The number of nitrogens with two attached hydrogens (primary N) is 1. The highest BCUT2D eigenvalue weighted by Gasteiger charge is 1.86. The van der Waals surface area contributed by atoms with Gasteiger partial charge in [0.05, 0.1) is 0 Å². The first-order chi connectivity index (χ1) is 3.27. The fourth-order valence-corrected chi connectivity index (χ4v) is 0.398. The van der Waals surface area contributed by atoms with Gasteiger partial charge in [0.15, 0.2) is 5.05 Å². The number of hydrogen-bond donors (Lipinski definition) is 2. The lowest BCUT2D eigenvalue weighted by Gasteiger charge is -1.89. The van der Waals surface area contributed by atoms with Crippen LogP contribution in [0.3, 0.4) is 0 Å². The Morgan fingerprint density at radius 3 is 2.43 bits per heavy atom. The molecule has 0 unspecified atom stereocenters. The fourth-order valence-electron chi connectivity index (χ4n) is 0.253. The molecule has 0 rings (SSSR count). The molecule has 0 aliphatic rings. The van der Waals surface area contributed by atoms with E-state index in [-0.39, 0.29) is 5.05 Å². The van der Waals surface area contributed by atoms with Crippen LogP contribution in [0.4, 0.5) is 0 Å². The molecule has 0 saturated carbocycles. The van der Waals surface area contributed by atoms with Crippen molar-refractivity contribution < 1.29 is 5.11 Å². The van der Waals surface area contributed by atoms with E-state index in [0.717, 1.165) is 6.42 Å². The quantitative estimate of drug-likeness (QED) is 0.535. The summed E-state index contributed by atoms with van der Waals surface area (Å²) in [6.45, 7) is 0.598. The summed E-state index contributed by atoms with van der Waals surface area (Å²) in [4.78, 5) is 0. The highest BCUT2D eigenvalue weighted by atomic mass is 32.1. The standard InChI is InChI=1S/C4H9NOS/c5-3-1-2-4(6)7/h1-3,5H2,(H,6,7). The minimum absolute atomic E-state index is 0.0606. The third-order valence-electron chi connectivity index (χ3n) is 0.595. The van der Waals surface area contributed by atoms with Crippen molar-refractivity contribution in [2.24, 2.45) is 5.73 Å². The number of rotatable bonds is 3. The van der Waals surface area contributed by atoms with Crippen molar-refractivity contribution in [1.82, 2.24) is 0 Å². The Morgan fingerprint density at radius 1 is 1.71 bits per heavy atom. The summed E-state index contributed by atoms with van der Waals surface area (Å²) in [5, 5.41) is 8.42. The molecule has 0 atom stereocenters. The first-order valence-electron chi connectivity index (χ1n) is 2.19. The van der Waals surface area contributed by atoms with Crippen LogP contribution in [0.5, 0.6) is 0 Å². The van der Waals surface area contributed by atoms with Crippen LogP contribution in [-0.4, -0.2) is 16.7 Å². The van der Waals surface area contributed by atoms with Crippen LogP contribution >= 0.6 is 12.2 Å². The van der Waals surface area contributed by atoms with Crippen molar-refractivity contribution in [2.75, 3.05) is 6.54 Å². The van der Waals surface area contributed by atoms with Crippen LogP contribution in [0, 0.1) is 0 Å². The second-order valence-corrected chi connectivity index (χ2v) is 1.76. The van der Waals surface area contributed by atoms with Crippen LogP contribution in [0.15, 0.2) is 0 Å². The second kappa shape index (κ2) is 4.02. The lowest BCUT2D eigenvalue weighted by atomic mass is 10.3. The molecule has 0 aromatic carbocycles. The molecule has 7 heavy (non-hydrogen) atoms. The zero-order valence-corrected chi connectivity index (χ0v) is 4.87. The molecule has 42 valence electrons. The van der Waals surface area contributed by atoms with Gasteiger partial charge in [0.25, 0.3) is 0 Å². The highest BCUT2D eigenvalue weighted by Crippen LogP contribution is 1.85. The van der Waals surface area contributed by atoms with E-state index >= 15 is 0 Å². The third-order valence-corrected chi connectivity index (χ3v) is 0.799. The first-order valence-corrected chi connectivity index (χ1v) is 2.60. The molecular weight excluding hydrogens is 110 g/mol. The van der Waals surface area contributed by atoms with Crippen LogP contribution in [0.1, 0.15) is 12.8 Å². The third kappa shape index (κ3) is 5.85. The van der Waals surface area contributed by atoms with Gasteiger partial charge in [-0.15, -0.1) is 0 Å². The van der Waals surface area contributed by atoms with E-state index in [1.165, 1.54) is 0 Å². The van der Waals surface area contributed by atoms with E-state index in [1.54, 1.807) is 0 Å². The van der Waals surface area contributed by atoms with Gasteiger partial charge in [-0.1, -0.05) is 0 Å². The normalized spacial score (nSPS) is 8.71. The maximum Gasteiger partial charge on any atom is 0.156 e. The molecule has 0 amide bonds. The number of thiocarbonyl (C=S) groups is 1. The van der Waals surface area contributed by atoms with Gasteiger partial charge in [0.2, 0.25) is 0 Å². The molecular formula is C4H9NOS. The maximum atomic E-state index is 8.36. The topological polar surface area (TPSA) is 46.2 Å². The van der Waals surface area contributed by atoms with Crippen LogP contribution in [-0.2, 0) is 0 Å². The molecule has 3 N–H and O–H groups in total. The Balaban J connectivity index is 2.82. The summed E-state index contributed by atoms with van der Waals surface area (Å²) in [6, 6.07) is 0. The highest BCUT2D eigenvalue weighted by molar-refractivity contribution is 7.80. The first kappa shape index (κ1) is 6.85. The van der Waals surface area contributed by atoms with Crippen molar-refractivity contribution in [3.8, 4) is 0 Å². The molecule has 0 aliphatic carbocycles. The van der Waals surface area contributed by atoms with Gasteiger partial charge in [-0.25, -0.2) is 0 Å². The van der Waals surface area contributed by atoms with E-state index in [2.05, 4.69) is 12.2 Å². The summed E-state index contributed by atoms with van der Waals surface area (Å²) in [7, 11) is 0. The monoisotopic (exact) mass is 119 g/mol. The molecule has 0 aromatic heterocycles. The predicted octanol–water partition coefficient (Wildman–Crippen LogP) is 0.611. The molecule has 0 heterocycles. The van der Waals surface area contributed by atoms with Crippen molar-refractivity contribution >= 4 is 17.3 Å². The van der Waals surface area contributed by atoms with Gasteiger partial charge in [-0.05, 0) is 25.2 Å². The van der Waals surface area contributed by atoms with Gasteiger partial charge < -0.3 is 10.8 Å². The van der Waals surface area contributed by atoms with Crippen LogP contribution < -0.4 is 5.73 Å². The lowest BCUT2D eigenvalue weighted by Crippen LogP contribution is -2.01. The zero-order valence-electron chi connectivity index (χ0n) is 4.05. The molecule has 0 bridgehead atoms. The largest absolute Gasteiger partial charge is 0.502 e. The summed E-state index contributed by atoms with van der Waals surface area (Å²) in [5.41, 5.74) is 5.11. The number of hydrogen-bond acceptors (Lipinski definition) is 2. The molecule has 0 fully saturated rings. The zero-order chi connectivity index (χ0) is 5.70. The summed E-state index contributed by atoms with van der Waals surface area (Å²) in [5.74, 6) is 0. The Morgan fingerprint density at radius 2 is 2.29 bits per heavy atom. The molecule has 0 saturated heterocycles. The van der Waals surface area contributed by atoms with Crippen molar-refractivity contribution in [3.63, 3.8) is 0 Å². The summed E-state index contributed by atoms with van der Waals surface area (Å²) in [6.07, 6.45) is 1.35. The molecule has 3 heteroatoms. The Labute approximate surface area is 48.3 Å². The fraction of sp³-hybridized carbons (Fsp3) is 0.750. The average molecular weight is 119 g/mol. The van der Waals surface area contributed by atoms with Gasteiger partial charge >= 0.3 is 0 Å². The molecule has 2 nitrogen and oxygen atoms in total. The Hall–Kier alpha value is -0.150. The Bertz CT molecular complexity index is 64.7. The van der Waals surface area contributed by atoms with E-state index in [0.29, 0.717) is 13.0 Å². The predicted molar refractivity (Wildman–Crippen MR) is 33.5 cm³/mol. The minimum Gasteiger partial charge on any atom is -0.502 e. The Kier molecular flexibility index (Phi) is 3.93. The van der Waals surface area contributed by atoms with Crippen molar-refractivity contribution in [1.29, 1.82) is 0 Å². The lowest BCUT2D eigenvalue weighted by molar-refractivity contribution is 0.544. The molecule has 0 aliphatic heterocycles. The molecule has 0 radical (unpaired) electrons. The van der Waals surface area contributed by atoms with Crippen LogP contribution in [0.2, 0.25) is 0 Å². The maximum absolute atomic E-state index is 8.36. The average Bonchev–Trinajstić information content (AvgIpc) is 1.61. The van der Waals surface area contributed by atoms with Crippen molar-refractivity contribution in [2.45, 2.75) is 12.8 Å². The van der Waals surface area contributed by atoms with Gasteiger partial charge in [-0.2, -0.15) is 0 Å². The van der Waals surface area contributed by atoms with E-state index in [9.17, 15) is 0 Å². The van der Waals surface area contributed by atoms with E-state index in [1.807, 2.05) is 0 Å². The van der Waals surface area contributed by atoms with E-state index in [4.69, 9.17) is 10.8 Å². The number of aliphatic hydroxyl groups excluding tert-OH is 1. The summed E-state index contributed by atoms with van der Waals surface area (Å²) < 4.78 is 0. The minimum atomic E-state index is 0.0606. The van der Waals surface area contributed by atoms with Gasteiger partial charge in [-0.3, -0.25) is 0 Å². The van der Waals surface area contributed by atoms with Crippen LogP contribution in [0.25, 0.3) is 0 Å². The number of aliphatic hydroxyl groups is 1. The van der Waals surface area contributed by atoms with E-state index < -0.39 is 0 Å².